The van der Waals surface area contributed by atoms with Crippen molar-refractivity contribution in [3.05, 3.63) is 53.4 Å². The molecule has 7 nitrogen and oxygen atoms in total. The van der Waals surface area contributed by atoms with Gasteiger partial charge >= 0.3 is 5.97 Å². The largest absolute Gasteiger partial charge is 0.495 e. The standard InChI is InChI=1S/C17H13ClN2O5/c1-23-13-6-5-10(18)7-12(13)20-15(21)8-24-17(22)11-3-2-4-14-16(11)19-9-25-14/h2-7,9H,8H2,1H3,(H,20,21). The van der Waals surface area contributed by atoms with Crippen molar-refractivity contribution in [2.24, 2.45) is 0 Å². The van der Waals surface area contributed by atoms with Gasteiger partial charge in [0.1, 0.15) is 11.3 Å². The first-order valence-electron chi connectivity index (χ1n) is 7.21. The predicted molar refractivity (Wildman–Crippen MR) is 90.9 cm³/mol. The Bertz CT molecular complexity index is 938. The predicted octanol–water partition coefficient (Wildman–Crippen LogP) is 3.29. The highest BCUT2D eigenvalue weighted by molar-refractivity contribution is 6.31. The molecule has 3 aromatic rings. The van der Waals surface area contributed by atoms with E-state index in [1.165, 1.54) is 19.6 Å². The van der Waals surface area contributed by atoms with E-state index in [-0.39, 0.29) is 5.56 Å². The highest BCUT2D eigenvalue weighted by atomic mass is 35.5. The van der Waals surface area contributed by atoms with E-state index < -0.39 is 18.5 Å². The summed E-state index contributed by atoms with van der Waals surface area (Å²) in [6.45, 7) is -0.470. The summed E-state index contributed by atoms with van der Waals surface area (Å²) in [7, 11) is 1.47. The summed E-state index contributed by atoms with van der Waals surface area (Å²) in [4.78, 5) is 28.1. The second-order valence-electron chi connectivity index (χ2n) is 4.97. The average molecular weight is 361 g/mol. The van der Waals surface area contributed by atoms with Crippen LogP contribution in [-0.2, 0) is 9.53 Å². The number of para-hydroxylation sites is 1. The number of anilines is 1. The molecule has 0 unspecified atom stereocenters. The van der Waals surface area contributed by atoms with E-state index in [4.69, 9.17) is 25.5 Å². The maximum Gasteiger partial charge on any atom is 0.340 e. The number of hydrogen-bond donors (Lipinski definition) is 1. The Labute approximate surface area is 147 Å². The van der Waals surface area contributed by atoms with Gasteiger partial charge in [-0.05, 0) is 30.3 Å². The number of methoxy groups -OCH3 is 1. The van der Waals surface area contributed by atoms with Gasteiger partial charge in [0.25, 0.3) is 5.91 Å². The lowest BCUT2D eigenvalue weighted by Gasteiger charge is -2.11. The Morgan fingerprint density at radius 1 is 1.28 bits per heavy atom. The van der Waals surface area contributed by atoms with Crippen molar-refractivity contribution >= 4 is 40.3 Å². The molecule has 3 rings (SSSR count). The van der Waals surface area contributed by atoms with E-state index >= 15 is 0 Å². The number of aromatic nitrogens is 1. The molecule has 0 fully saturated rings. The molecular weight excluding hydrogens is 348 g/mol. The fraction of sp³-hybridized carbons (Fsp3) is 0.118. The van der Waals surface area contributed by atoms with E-state index in [9.17, 15) is 9.59 Å². The zero-order valence-electron chi connectivity index (χ0n) is 13.1. The molecule has 0 spiro atoms. The molecule has 0 radical (unpaired) electrons. The lowest BCUT2D eigenvalue weighted by Crippen LogP contribution is -2.21. The number of oxazole rings is 1. The van der Waals surface area contributed by atoms with E-state index in [0.717, 1.165) is 0 Å². The zero-order valence-corrected chi connectivity index (χ0v) is 13.9. The van der Waals surface area contributed by atoms with Crippen LogP contribution in [0.15, 0.2) is 47.2 Å². The van der Waals surface area contributed by atoms with Gasteiger partial charge in [-0.25, -0.2) is 9.78 Å². The number of fused-ring (bicyclic) bond motifs is 1. The molecule has 8 heteroatoms. The van der Waals surface area contributed by atoms with Crippen molar-refractivity contribution in [3.63, 3.8) is 0 Å². The second-order valence-corrected chi connectivity index (χ2v) is 5.41. The van der Waals surface area contributed by atoms with Gasteiger partial charge < -0.3 is 19.2 Å². The number of carbonyl (C=O) groups is 2. The van der Waals surface area contributed by atoms with Crippen molar-refractivity contribution < 1.29 is 23.5 Å². The number of nitrogens with one attached hydrogen (secondary N) is 1. The van der Waals surface area contributed by atoms with E-state index in [1.807, 2.05) is 0 Å². The molecule has 1 heterocycles. The quantitative estimate of drug-likeness (QED) is 0.702. The van der Waals surface area contributed by atoms with Gasteiger partial charge in [0, 0.05) is 5.02 Å². The Morgan fingerprint density at radius 3 is 2.92 bits per heavy atom. The topological polar surface area (TPSA) is 90.7 Å². The lowest BCUT2D eigenvalue weighted by atomic mass is 10.2. The number of nitrogens with zero attached hydrogens (tertiary/aromatic N) is 1. The molecule has 0 atom stereocenters. The molecule has 2 aromatic carbocycles. The lowest BCUT2D eigenvalue weighted by molar-refractivity contribution is -0.119. The summed E-state index contributed by atoms with van der Waals surface area (Å²) < 4.78 is 15.3. The van der Waals surface area contributed by atoms with Crippen molar-refractivity contribution in [3.8, 4) is 5.75 Å². The number of amides is 1. The SMILES string of the molecule is COc1ccc(Cl)cc1NC(=O)COC(=O)c1cccc2ocnc12. The average Bonchev–Trinajstić information content (AvgIpc) is 3.08. The first-order valence-corrected chi connectivity index (χ1v) is 7.59. The third-order valence-electron chi connectivity index (χ3n) is 3.35. The van der Waals surface area contributed by atoms with Crippen LogP contribution in [0.25, 0.3) is 11.1 Å². The van der Waals surface area contributed by atoms with Crippen LogP contribution >= 0.6 is 11.6 Å². The Balaban J connectivity index is 1.65. The third kappa shape index (κ3) is 3.72. The summed E-state index contributed by atoms with van der Waals surface area (Å²) in [6.07, 6.45) is 1.24. The Kier molecular flexibility index (Phi) is 4.85. The highest BCUT2D eigenvalue weighted by Crippen LogP contribution is 2.27. The maximum atomic E-state index is 12.2. The summed E-state index contributed by atoms with van der Waals surface area (Å²) in [5.41, 5.74) is 1.45. The van der Waals surface area contributed by atoms with Gasteiger partial charge in [-0.1, -0.05) is 17.7 Å². The molecule has 1 aromatic heterocycles. The summed E-state index contributed by atoms with van der Waals surface area (Å²) in [5.74, 6) is -0.759. The van der Waals surface area contributed by atoms with Gasteiger partial charge in [0.15, 0.2) is 18.6 Å². The van der Waals surface area contributed by atoms with Gasteiger partial charge in [-0.2, -0.15) is 0 Å². The molecule has 1 N–H and O–H groups in total. The van der Waals surface area contributed by atoms with Crippen LogP contribution in [0.5, 0.6) is 5.75 Å². The molecule has 1 amide bonds. The van der Waals surface area contributed by atoms with Gasteiger partial charge in [-0.3, -0.25) is 4.79 Å². The number of ether oxygens (including phenoxy) is 2. The van der Waals surface area contributed by atoms with Crippen molar-refractivity contribution in [2.75, 3.05) is 19.0 Å². The molecule has 0 bridgehead atoms. The van der Waals surface area contributed by atoms with E-state index in [1.54, 1.807) is 30.3 Å². The summed E-state index contributed by atoms with van der Waals surface area (Å²) in [6, 6.07) is 9.66. The summed E-state index contributed by atoms with van der Waals surface area (Å²) in [5, 5.41) is 3.02. The minimum Gasteiger partial charge on any atom is -0.495 e. The maximum absolute atomic E-state index is 12.2. The van der Waals surface area contributed by atoms with Crippen LogP contribution in [0.3, 0.4) is 0 Å². The summed E-state index contributed by atoms with van der Waals surface area (Å²) >= 11 is 5.90. The number of benzene rings is 2. The zero-order chi connectivity index (χ0) is 17.8. The molecule has 0 aliphatic carbocycles. The van der Waals surface area contributed by atoms with Crippen LogP contribution in [0.1, 0.15) is 10.4 Å². The third-order valence-corrected chi connectivity index (χ3v) is 3.59. The van der Waals surface area contributed by atoms with Crippen molar-refractivity contribution in [1.82, 2.24) is 4.98 Å². The molecular formula is C17H13ClN2O5. The fourth-order valence-corrected chi connectivity index (χ4v) is 2.40. The van der Waals surface area contributed by atoms with E-state index in [2.05, 4.69) is 10.3 Å². The van der Waals surface area contributed by atoms with Crippen molar-refractivity contribution in [1.29, 1.82) is 0 Å². The normalized spacial score (nSPS) is 10.5. The van der Waals surface area contributed by atoms with Gasteiger partial charge in [0.2, 0.25) is 0 Å². The molecule has 0 aliphatic heterocycles. The number of esters is 1. The number of carbonyl (C=O) groups excluding carboxylic acids is 2. The Hall–Kier alpha value is -3.06. The molecule has 25 heavy (non-hydrogen) atoms. The molecule has 0 saturated heterocycles. The highest BCUT2D eigenvalue weighted by Gasteiger charge is 2.16. The first-order chi connectivity index (χ1) is 12.1. The molecule has 128 valence electrons. The minimum atomic E-state index is -0.673. The Morgan fingerprint density at radius 2 is 2.12 bits per heavy atom. The fourth-order valence-electron chi connectivity index (χ4n) is 2.22. The number of rotatable bonds is 5. The van der Waals surface area contributed by atoms with Gasteiger partial charge in [-0.15, -0.1) is 0 Å². The molecule has 0 saturated carbocycles. The minimum absolute atomic E-state index is 0.222. The van der Waals surface area contributed by atoms with Crippen LogP contribution in [0, 0.1) is 0 Å². The molecule has 0 aliphatic rings. The second kappa shape index (κ2) is 7.23. The number of hydrogen-bond acceptors (Lipinski definition) is 6. The van der Waals surface area contributed by atoms with Crippen molar-refractivity contribution in [2.45, 2.75) is 0 Å². The van der Waals surface area contributed by atoms with Crippen LogP contribution in [0.2, 0.25) is 5.02 Å². The van der Waals surface area contributed by atoms with Crippen LogP contribution in [-0.4, -0.2) is 30.6 Å². The van der Waals surface area contributed by atoms with Crippen LogP contribution in [0.4, 0.5) is 5.69 Å². The van der Waals surface area contributed by atoms with Gasteiger partial charge in [0.05, 0.1) is 18.4 Å². The number of halogens is 1. The monoisotopic (exact) mass is 360 g/mol. The first kappa shape index (κ1) is 16.8. The van der Waals surface area contributed by atoms with Crippen LogP contribution < -0.4 is 10.1 Å². The smallest absolute Gasteiger partial charge is 0.340 e. The van der Waals surface area contributed by atoms with E-state index in [0.29, 0.717) is 27.6 Å².